The van der Waals surface area contributed by atoms with Crippen molar-refractivity contribution in [2.45, 2.75) is 39.7 Å². The summed E-state index contributed by atoms with van der Waals surface area (Å²) in [5, 5.41) is 3.86. The van der Waals surface area contributed by atoms with Gasteiger partial charge in [0.25, 0.3) is 5.91 Å². The highest BCUT2D eigenvalue weighted by Crippen LogP contribution is 2.38. The highest BCUT2D eigenvalue weighted by Gasteiger charge is 2.27. The summed E-state index contributed by atoms with van der Waals surface area (Å²) in [6.07, 6.45) is 1.48. The fourth-order valence-corrected chi connectivity index (χ4v) is 4.91. The van der Waals surface area contributed by atoms with Gasteiger partial charge in [-0.3, -0.25) is 14.5 Å². The molecule has 0 unspecified atom stereocenters. The maximum Gasteiger partial charge on any atom is 0.260 e. The molecule has 0 spiro atoms. The minimum Gasteiger partial charge on any atom is -0.482 e. The second-order valence-electron chi connectivity index (χ2n) is 9.13. The van der Waals surface area contributed by atoms with Crippen molar-refractivity contribution >= 4 is 63.7 Å². The Labute approximate surface area is 226 Å². The summed E-state index contributed by atoms with van der Waals surface area (Å²) in [6, 6.07) is 3.09. The van der Waals surface area contributed by atoms with E-state index in [2.05, 4.69) is 5.32 Å². The van der Waals surface area contributed by atoms with Gasteiger partial charge in [-0.15, -0.1) is 0 Å². The average molecular weight is 557 g/mol. The number of likely N-dealkylation sites (N-methyl/N-ethyl adjacent to an activating group) is 1. The SMILES string of the molecule is Cc1c(C)c(OCC(=O)N(C)C2CCN(CC(=O)Nc3cc(Cl)c(N)cc3Cl)CC2)c(Cl)c(C)c1N. The predicted octanol–water partition coefficient (Wildman–Crippen LogP) is 4.68. The number of benzene rings is 2. The summed E-state index contributed by atoms with van der Waals surface area (Å²) in [5.74, 6) is 0.157. The Kier molecular flexibility index (Phi) is 9.22. The van der Waals surface area contributed by atoms with Gasteiger partial charge in [0.2, 0.25) is 5.91 Å². The first kappa shape index (κ1) is 28.2. The quantitative estimate of drug-likeness (QED) is 0.427. The molecular formula is C25H32Cl3N5O3. The number of amides is 2. The second kappa shape index (κ2) is 11.8. The van der Waals surface area contributed by atoms with E-state index in [-0.39, 0.29) is 31.0 Å². The molecule has 5 N–H and O–H groups in total. The number of ether oxygens (including phenoxy) is 1. The Morgan fingerprint density at radius 3 is 2.33 bits per heavy atom. The van der Waals surface area contributed by atoms with Gasteiger partial charge in [0.1, 0.15) is 5.75 Å². The average Bonchev–Trinajstić information content (AvgIpc) is 2.84. The minimum absolute atomic E-state index is 0.0530. The van der Waals surface area contributed by atoms with E-state index in [4.69, 9.17) is 51.0 Å². The fourth-order valence-electron chi connectivity index (χ4n) is 4.23. The number of carbonyl (C=O) groups excluding carboxylic acids is 2. The van der Waals surface area contributed by atoms with Gasteiger partial charge in [0, 0.05) is 31.9 Å². The van der Waals surface area contributed by atoms with Crippen molar-refractivity contribution in [3.05, 3.63) is 43.9 Å². The minimum atomic E-state index is -0.199. The van der Waals surface area contributed by atoms with E-state index in [1.165, 1.54) is 12.1 Å². The number of halogens is 3. The molecule has 3 rings (SSSR count). The van der Waals surface area contributed by atoms with Crippen molar-refractivity contribution in [3.8, 4) is 5.75 Å². The number of hydrogen-bond acceptors (Lipinski definition) is 6. The maximum absolute atomic E-state index is 12.8. The summed E-state index contributed by atoms with van der Waals surface area (Å²) in [4.78, 5) is 29.1. The van der Waals surface area contributed by atoms with Crippen LogP contribution in [0, 0.1) is 20.8 Å². The third kappa shape index (κ3) is 6.29. The number of likely N-dealkylation sites (tertiary alicyclic amines) is 1. The fraction of sp³-hybridized carbons (Fsp3) is 0.440. The number of rotatable bonds is 7. The lowest BCUT2D eigenvalue weighted by atomic mass is 10.0. The van der Waals surface area contributed by atoms with E-state index < -0.39 is 0 Å². The summed E-state index contributed by atoms with van der Waals surface area (Å²) in [7, 11) is 1.78. The van der Waals surface area contributed by atoms with Gasteiger partial charge < -0.3 is 26.4 Å². The zero-order chi connectivity index (χ0) is 26.7. The van der Waals surface area contributed by atoms with Crippen molar-refractivity contribution in [1.29, 1.82) is 0 Å². The van der Waals surface area contributed by atoms with E-state index in [1.54, 1.807) is 11.9 Å². The maximum atomic E-state index is 12.8. The standard InChI is InChI=1S/C25H32Cl3N5O3/c1-13-14(2)25(23(28)15(3)24(13)30)36-12-22(35)32(4)16-5-7-33(8-6-16)11-21(34)31-20-10-17(26)19(29)9-18(20)27/h9-10,16H,5-8,11-12,29-30H2,1-4H3,(H,31,34). The number of nitrogens with one attached hydrogen (secondary N) is 1. The van der Waals surface area contributed by atoms with Crippen LogP contribution in [0.2, 0.25) is 15.1 Å². The lowest BCUT2D eigenvalue weighted by molar-refractivity contribution is -0.135. The topological polar surface area (TPSA) is 114 Å². The molecule has 8 nitrogen and oxygen atoms in total. The number of nitrogens with zero attached hydrogens (tertiary/aromatic N) is 2. The number of carbonyl (C=O) groups is 2. The molecule has 1 aliphatic heterocycles. The Morgan fingerprint density at radius 1 is 1.06 bits per heavy atom. The van der Waals surface area contributed by atoms with Gasteiger partial charge in [-0.1, -0.05) is 34.8 Å². The normalized spacial score (nSPS) is 14.5. The van der Waals surface area contributed by atoms with Crippen LogP contribution in [0.1, 0.15) is 29.5 Å². The molecule has 1 aliphatic rings. The van der Waals surface area contributed by atoms with Crippen LogP contribution in [0.4, 0.5) is 17.1 Å². The Hall–Kier alpha value is -2.39. The summed E-state index contributed by atoms with van der Waals surface area (Å²) in [6.45, 7) is 7.05. The van der Waals surface area contributed by atoms with E-state index in [1.807, 2.05) is 25.7 Å². The van der Waals surface area contributed by atoms with Crippen molar-refractivity contribution in [1.82, 2.24) is 9.80 Å². The molecule has 1 heterocycles. The third-order valence-corrected chi connectivity index (χ3v) is 7.90. The Balaban J connectivity index is 1.50. The largest absolute Gasteiger partial charge is 0.482 e. The molecule has 0 atom stereocenters. The van der Waals surface area contributed by atoms with Gasteiger partial charge in [0.05, 0.1) is 33.0 Å². The first-order chi connectivity index (χ1) is 16.9. The first-order valence-corrected chi connectivity index (χ1v) is 12.7. The molecule has 0 aliphatic carbocycles. The van der Waals surface area contributed by atoms with Gasteiger partial charge in [0.15, 0.2) is 6.61 Å². The van der Waals surface area contributed by atoms with E-state index in [0.717, 1.165) is 29.5 Å². The molecule has 2 amide bonds. The van der Waals surface area contributed by atoms with Gasteiger partial charge in [-0.25, -0.2) is 0 Å². The molecule has 2 aromatic carbocycles. The molecule has 0 saturated carbocycles. The lowest BCUT2D eigenvalue weighted by Gasteiger charge is -2.36. The summed E-state index contributed by atoms with van der Waals surface area (Å²) in [5.41, 5.74) is 15.7. The highest BCUT2D eigenvalue weighted by atomic mass is 35.5. The van der Waals surface area contributed by atoms with E-state index in [9.17, 15) is 9.59 Å². The molecule has 0 bridgehead atoms. The number of nitrogens with two attached hydrogens (primary N) is 2. The van der Waals surface area contributed by atoms with Crippen LogP contribution < -0.4 is 21.5 Å². The molecule has 1 saturated heterocycles. The van der Waals surface area contributed by atoms with Crippen LogP contribution in [-0.2, 0) is 9.59 Å². The lowest BCUT2D eigenvalue weighted by Crippen LogP contribution is -2.48. The Morgan fingerprint density at radius 2 is 1.69 bits per heavy atom. The molecule has 1 fully saturated rings. The summed E-state index contributed by atoms with van der Waals surface area (Å²) >= 11 is 18.6. The van der Waals surface area contributed by atoms with E-state index >= 15 is 0 Å². The molecule has 0 radical (unpaired) electrons. The summed E-state index contributed by atoms with van der Waals surface area (Å²) < 4.78 is 5.84. The molecule has 2 aromatic rings. The van der Waals surface area contributed by atoms with Crippen molar-refractivity contribution in [2.75, 3.05) is 50.1 Å². The van der Waals surface area contributed by atoms with Crippen LogP contribution in [0.5, 0.6) is 5.75 Å². The van der Waals surface area contributed by atoms with Gasteiger partial charge >= 0.3 is 0 Å². The number of nitrogen functional groups attached to an aromatic ring is 2. The van der Waals surface area contributed by atoms with Crippen molar-refractivity contribution in [3.63, 3.8) is 0 Å². The zero-order valence-electron chi connectivity index (χ0n) is 20.9. The molecule has 11 heteroatoms. The van der Waals surface area contributed by atoms with Gasteiger partial charge in [-0.2, -0.15) is 0 Å². The number of piperidine rings is 1. The van der Waals surface area contributed by atoms with Crippen LogP contribution in [0.3, 0.4) is 0 Å². The van der Waals surface area contributed by atoms with Crippen molar-refractivity contribution in [2.24, 2.45) is 0 Å². The zero-order valence-corrected chi connectivity index (χ0v) is 23.2. The predicted molar refractivity (Wildman–Crippen MR) is 147 cm³/mol. The molecule has 36 heavy (non-hydrogen) atoms. The molecule has 0 aromatic heterocycles. The molecule has 196 valence electrons. The Bertz CT molecular complexity index is 1140. The van der Waals surface area contributed by atoms with Crippen LogP contribution in [0.25, 0.3) is 0 Å². The second-order valence-corrected chi connectivity index (χ2v) is 10.3. The van der Waals surface area contributed by atoms with Crippen LogP contribution in [0.15, 0.2) is 12.1 Å². The highest BCUT2D eigenvalue weighted by molar-refractivity contribution is 6.37. The third-order valence-electron chi connectivity index (χ3n) is 6.81. The molecular weight excluding hydrogens is 525 g/mol. The monoisotopic (exact) mass is 555 g/mol. The number of anilines is 3. The van der Waals surface area contributed by atoms with Gasteiger partial charge in [-0.05, 0) is 62.4 Å². The smallest absolute Gasteiger partial charge is 0.260 e. The van der Waals surface area contributed by atoms with E-state index in [0.29, 0.717) is 51.0 Å². The van der Waals surface area contributed by atoms with Crippen molar-refractivity contribution < 1.29 is 14.3 Å². The van der Waals surface area contributed by atoms with Crippen LogP contribution >= 0.6 is 34.8 Å². The number of hydrogen-bond donors (Lipinski definition) is 3. The van der Waals surface area contributed by atoms with Crippen LogP contribution in [-0.4, -0.2) is 60.9 Å². The first-order valence-electron chi connectivity index (χ1n) is 11.6.